The molecule has 0 saturated heterocycles. The van der Waals surface area contributed by atoms with Gasteiger partial charge >= 0.3 is 11.9 Å². The second-order valence-corrected chi connectivity index (χ2v) is 9.11. The number of hydrogen-bond donors (Lipinski definition) is 1. The highest BCUT2D eigenvalue weighted by Crippen LogP contribution is 2.30. The van der Waals surface area contributed by atoms with E-state index in [-0.39, 0.29) is 22.0 Å². The van der Waals surface area contributed by atoms with E-state index in [1.165, 1.54) is 36.4 Å². The van der Waals surface area contributed by atoms with Crippen LogP contribution in [0.25, 0.3) is 0 Å². The summed E-state index contributed by atoms with van der Waals surface area (Å²) in [5, 5.41) is 3.12. The largest absolute Gasteiger partial charge is 0.462 e. The molecule has 0 aromatic heterocycles. The quantitative estimate of drug-likeness (QED) is 0.212. The smallest absolute Gasteiger partial charge is 0.343 e. The standard InChI is InChI=1S/C28H22Cl2N2O6/c1-3-14-37-27(35)17-6-10-20(11-7-17)32-25(33)23(30)24(26(32)34)31-19-8-4-18(5-9-19)28(36)38-21-12-13-22(29)16(2)15-21/h4-13,15,31H,3,14H2,1-2H3. The van der Waals surface area contributed by atoms with Gasteiger partial charge in [0.2, 0.25) is 0 Å². The third-order valence-corrected chi connectivity index (χ3v) is 6.33. The topological polar surface area (TPSA) is 102 Å². The van der Waals surface area contributed by atoms with Crippen molar-refractivity contribution in [3.8, 4) is 5.75 Å². The average Bonchev–Trinajstić information content (AvgIpc) is 3.12. The minimum Gasteiger partial charge on any atom is -0.462 e. The molecule has 0 atom stereocenters. The molecule has 8 nitrogen and oxygen atoms in total. The highest BCUT2D eigenvalue weighted by molar-refractivity contribution is 6.53. The number of nitrogens with zero attached hydrogens (tertiary/aromatic N) is 1. The van der Waals surface area contributed by atoms with E-state index in [9.17, 15) is 19.2 Å². The molecule has 0 saturated carbocycles. The van der Waals surface area contributed by atoms with Gasteiger partial charge in [0, 0.05) is 10.7 Å². The zero-order chi connectivity index (χ0) is 27.4. The lowest BCUT2D eigenvalue weighted by molar-refractivity contribution is -0.120. The van der Waals surface area contributed by atoms with Crippen molar-refractivity contribution in [2.75, 3.05) is 16.8 Å². The molecule has 38 heavy (non-hydrogen) atoms. The molecule has 0 spiro atoms. The Balaban J connectivity index is 1.43. The molecule has 1 aliphatic heterocycles. The third kappa shape index (κ3) is 5.72. The van der Waals surface area contributed by atoms with Gasteiger partial charge in [-0.3, -0.25) is 9.59 Å². The summed E-state index contributed by atoms with van der Waals surface area (Å²) in [6.45, 7) is 3.98. The van der Waals surface area contributed by atoms with Crippen LogP contribution in [0, 0.1) is 6.92 Å². The van der Waals surface area contributed by atoms with E-state index in [2.05, 4.69) is 5.32 Å². The zero-order valence-corrected chi connectivity index (χ0v) is 21.9. The Hall–Kier alpha value is -4.14. The highest BCUT2D eigenvalue weighted by Gasteiger charge is 2.39. The van der Waals surface area contributed by atoms with Crippen molar-refractivity contribution in [1.82, 2.24) is 0 Å². The first-order valence-electron chi connectivity index (χ1n) is 11.6. The van der Waals surface area contributed by atoms with E-state index < -0.39 is 23.8 Å². The number of benzene rings is 3. The van der Waals surface area contributed by atoms with E-state index in [0.717, 1.165) is 10.5 Å². The SMILES string of the molecule is CCCOC(=O)c1ccc(N2C(=O)C(Cl)=C(Nc3ccc(C(=O)Oc4ccc(Cl)c(C)c4)cc3)C2=O)cc1. The third-order valence-electron chi connectivity index (χ3n) is 5.56. The molecule has 0 aliphatic carbocycles. The fraction of sp³-hybridized carbons (Fsp3) is 0.143. The molecule has 194 valence electrons. The van der Waals surface area contributed by atoms with Crippen molar-refractivity contribution in [1.29, 1.82) is 0 Å². The first-order chi connectivity index (χ1) is 18.2. The van der Waals surface area contributed by atoms with Gasteiger partial charge in [0.25, 0.3) is 11.8 Å². The normalized spacial score (nSPS) is 13.1. The molecule has 0 fully saturated rings. The van der Waals surface area contributed by atoms with Gasteiger partial charge in [0.05, 0.1) is 23.4 Å². The second kappa shape index (κ2) is 11.5. The first-order valence-corrected chi connectivity index (χ1v) is 12.4. The van der Waals surface area contributed by atoms with Gasteiger partial charge in [-0.1, -0.05) is 30.1 Å². The maximum Gasteiger partial charge on any atom is 0.343 e. The molecule has 1 N–H and O–H groups in total. The lowest BCUT2D eigenvalue weighted by atomic mass is 10.2. The Kier molecular flexibility index (Phi) is 8.14. The van der Waals surface area contributed by atoms with Crippen LogP contribution in [0.3, 0.4) is 0 Å². The molecule has 1 aliphatic rings. The number of imide groups is 1. The Bertz CT molecular complexity index is 1450. The number of amides is 2. The monoisotopic (exact) mass is 552 g/mol. The molecule has 4 rings (SSSR count). The molecule has 3 aromatic carbocycles. The molecule has 0 unspecified atom stereocenters. The number of hydrogen-bond acceptors (Lipinski definition) is 7. The van der Waals surface area contributed by atoms with Crippen LogP contribution in [-0.4, -0.2) is 30.4 Å². The van der Waals surface area contributed by atoms with Crippen molar-refractivity contribution in [2.45, 2.75) is 20.3 Å². The van der Waals surface area contributed by atoms with Gasteiger partial charge in [-0.25, -0.2) is 14.5 Å². The number of ether oxygens (including phenoxy) is 2. The summed E-state index contributed by atoms with van der Waals surface area (Å²) < 4.78 is 10.5. The van der Waals surface area contributed by atoms with Crippen LogP contribution in [0.4, 0.5) is 11.4 Å². The Morgan fingerprint density at radius 1 is 0.868 bits per heavy atom. The van der Waals surface area contributed by atoms with Crippen LogP contribution in [-0.2, 0) is 14.3 Å². The molecular weight excluding hydrogens is 531 g/mol. The number of esters is 2. The van der Waals surface area contributed by atoms with Crippen molar-refractivity contribution in [2.24, 2.45) is 0 Å². The zero-order valence-electron chi connectivity index (χ0n) is 20.4. The van der Waals surface area contributed by atoms with Gasteiger partial charge in [-0.15, -0.1) is 0 Å². The van der Waals surface area contributed by atoms with Crippen LogP contribution >= 0.6 is 23.2 Å². The van der Waals surface area contributed by atoms with Crippen LogP contribution in [0.15, 0.2) is 77.5 Å². The van der Waals surface area contributed by atoms with E-state index in [0.29, 0.717) is 35.1 Å². The van der Waals surface area contributed by atoms with Crippen LogP contribution in [0.2, 0.25) is 5.02 Å². The van der Waals surface area contributed by atoms with E-state index >= 15 is 0 Å². The molecule has 10 heteroatoms. The number of halogens is 2. The molecule has 1 heterocycles. The summed E-state index contributed by atoms with van der Waals surface area (Å²) >= 11 is 12.2. The summed E-state index contributed by atoms with van der Waals surface area (Å²) in [5.41, 5.74) is 1.90. The number of carbonyl (C=O) groups excluding carboxylic acids is 4. The van der Waals surface area contributed by atoms with Crippen LogP contribution < -0.4 is 15.0 Å². The molecule has 0 radical (unpaired) electrons. The van der Waals surface area contributed by atoms with Gasteiger partial charge in [0.15, 0.2) is 0 Å². The number of anilines is 2. The number of aryl methyl sites for hydroxylation is 1. The minimum absolute atomic E-state index is 0.116. The summed E-state index contributed by atoms with van der Waals surface area (Å²) in [6, 6.07) is 16.9. The fourth-order valence-corrected chi connectivity index (χ4v) is 3.88. The van der Waals surface area contributed by atoms with E-state index in [1.807, 2.05) is 6.92 Å². The Morgan fingerprint density at radius 2 is 1.50 bits per heavy atom. The lowest BCUT2D eigenvalue weighted by Crippen LogP contribution is -2.32. The highest BCUT2D eigenvalue weighted by atomic mass is 35.5. The maximum atomic E-state index is 13.0. The predicted octanol–water partition coefficient (Wildman–Crippen LogP) is 5.87. The second-order valence-electron chi connectivity index (χ2n) is 8.32. The maximum absolute atomic E-state index is 13.0. The van der Waals surface area contributed by atoms with E-state index in [4.69, 9.17) is 32.7 Å². The number of nitrogens with one attached hydrogen (secondary N) is 1. The van der Waals surface area contributed by atoms with Gasteiger partial charge in [0.1, 0.15) is 16.5 Å². The molecule has 3 aromatic rings. The van der Waals surface area contributed by atoms with Crippen LogP contribution in [0.5, 0.6) is 5.75 Å². The summed E-state index contributed by atoms with van der Waals surface area (Å²) in [4.78, 5) is 51.2. The lowest BCUT2D eigenvalue weighted by Gasteiger charge is -2.15. The van der Waals surface area contributed by atoms with Crippen molar-refractivity contribution in [3.63, 3.8) is 0 Å². The summed E-state index contributed by atoms with van der Waals surface area (Å²) in [7, 11) is 0. The van der Waals surface area contributed by atoms with Gasteiger partial charge in [-0.2, -0.15) is 0 Å². The summed E-state index contributed by atoms with van der Waals surface area (Å²) in [6.07, 6.45) is 0.691. The average molecular weight is 553 g/mol. The Morgan fingerprint density at radius 3 is 2.13 bits per heavy atom. The number of rotatable bonds is 8. The Labute approximate surface area is 228 Å². The van der Waals surface area contributed by atoms with Crippen molar-refractivity contribution in [3.05, 3.63) is 99.2 Å². The van der Waals surface area contributed by atoms with Gasteiger partial charge < -0.3 is 14.8 Å². The van der Waals surface area contributed by atoms with E-state index in [1.54, 1.807) is 37.3 Å². The first kappa shape index (κ1) is 26.9. The molecule has 0 bridgehead atoms. The fourth-order valence-electron chi connectivity index (χ4n) is 3.55. The minimum atomic E-state index is -0.709. The van der Waals surface area contributed by atoms with Crippen molar-refractivity contribution < 1.29 is 28.7 Å². The van der Waals surface area contributed by atoms with Crippen LogP contribution in [0.1, 0.15) is 39.6 Å². The molecule has 2 amide bonds. The summed E-state index contributed by atoms with van der Waals surface area (Å²) in [5.74, 6) is -2.08. The number of carbonyl (C=O) groups is 4. The molecular formula is C28H22Cl2N2O6. The van der Waals surface area contributed by atoms with Crippen molar-refractivity contribution >= 4 is 58.3 Å². The predicted molar refractivity (Wildman–Crippen MR) is 144 cm³/mol. The van der Waals surface area contributed by atoms with Gasteiger partial charge in [-0.05, 0) is 85.6 Å².